The van der Waals surface area contributed by atoms with Gasteiger partial charge in [0.2, 0.25) is 5.91 Å². The van der Waals surface area contributed by atoms with E-state index in [1.54, 1.807) is 28.4 Å². The highest BCUT2D eigenvalue weighted by molar-refractivity contribution is 9.11. The number of amides is 1. The Hall–Kier alpha value is -1.51. The summed E-state index contributed by atoms with van der Waals surface area (Å²) in [6.07, 6.45) is 1.44. The maximum absolute atomic E-state index is 12.6. The Kier molecular flexibility index (Phi) is 5.71. The number of rotatable bonds is 5. The van der Waals surface area contributed by atoms with Crippen molar-refractivity contribution in [2.24, 2.45) is 0 Å². The molecule has 0 saturated carbocycles. The van der Waals surface area contributed by atoms with E-state index in [1.807, 2.05) is 25.1 Å². The third-order valence-electron chi connectivity index (χ3n) is 3.80. The first kappa shape index (κ1) is 18.3. The Labute approximate surface area is 165 Å². The van der Waals surface area contributed by atoms with Crippen LogP contribution in [0.2, 0.25) is 0 Å². The van der Waals surface area contributed by atoms with Gasteiger partial charge < -0.3 is 4.90 Å². The molecule has 1 aromatic carbocycles. The van der Waals surface area contributed by atoms with Crippen LogP contribution in [0.4, 0.5) is 0 Å². The van der Waals surface area contributed by atoms with Crippen molar-refractivity contribution in [2.75, 3.05) is 6.54 Å². The van der Waals surface area contributed by atoms with Crippen LogP contribution in [0.15, 0.2) is 49.7 Å². The summed E-state index contributed by atoms with van der Waals surface area (Å²) in [6, 6.07) is 9.30. The van der Waals surface area contributed by atoms with Crippen molar-refractivity contribution in [2.45, 2.75) is 20.0 Å². The highest BCUT2D eigenvalue weighted by atomic mass is 79.9. The zero-order valence-electron chi connectivity index (χ0n) is 13.4. The van der Waals surface area contributed by atoms with Gasteiger partial charge in [-0.25, -0.2) is 4.98 Å². The van der Waals surface area contributed by atoms with Gasteiger partial charge in [-0.2, -0.15) is 0 Å². The van der Waals surface area contributed by atoms with Gasteiger partial charge in [-0.3, -0.25) is 14.2 Å². The smallest absolute Gasteiger partial charge is 0.261 e. The molecule has 25 heavy (non-hydrogen) atoms. The Morgan fingerprint density at radius 3 is 2.76 bits per heavy atom. The highest BCUT2D eigenvalue weighted by Crippen LogP contribution is 2.23. The maximum atomic E-state index is 12.6. The molecule has 0 aliphatic rings. The predicted molar refractivity (Wildman–Crippen MR) is 107 cm³/mol. The quantitative estimate of drug-likeness (QED) is 0.549. The number of carbonyl (C=O) groups is 1. The maximum Gasteiger partial charge on any atom is 0.261 e. The topological polar surface area (TPSA) is 55.2 Å². The zero-order chi connectivity index (χ0) is 18.0. The molecule has 0 N–H and O–H groups in total. The van der Waals surface area contributed by atoms with Crippen molar-refractivity contribution >= 4 is 60.0 Å². The molecule has 0 spiro atoms. The standard InChI is InChI=1S/C17H15Br2N3O2S/c1-2-21(8-12-4-6-15(19)25-12)16(23)9-22-10-20-14-5-3-11(18)7-13(14)17(22)24/h3-7,10H,2,8-9H2,1H3. The summed E-state index contributed by atoms with van der Waals surface area (Å²) in [4.78, 5) is 32.3. The van der Waals surface area contributed by atoms with Crippen molar-refractivity contribution in [3.05, 3.63) is 60.1 Å². The molecule has 3 aromatic rings. The number of aromatic nitrogens is 2. The van der Waals surface area contributed by atoms with Gasteiger partial charge in [-0.15, -0.1) is 11.3 Å². The van der Waals surface area contributed by atoms with Crippen LogP contribution in [0, 0.1) is 0 Å². The Bertz CT molecular complexity index is 983. The number of nitrogens with zero attached hydrogens (tertiary/aromatic N) is 3. The Morgan fingerprint density at radius 2 is 2.08 bits per heavy atom. The molecule has 0 saturated heterocycles. The van der Waals surface area contributed by atoms with Gasteiger partial charge in [0.1, 0.15) is 6.54 Å². The molecule has 0 bridgehead atoms. The van der Waals surface area contributed by atoms with Crippen molar-refractivity contribution in [3.8, 4) is 0 Å². The summed E-state index contributed by atoms with van der Waals surface area (Å²) < 4.78 is 3.21. The minimum Gasteiger partial charge on any atom is -0.336 e. The first-order valence-electron chi connectivity index (χ1n) is 7.64. The molecule has 0 fully saturated rings. The zero-order valence-corrected chi connectivity index (χ0v) is 17.4. The van der Waals surface area contributed by atoms with E-state index in [4.69, 9.17) is 0 Å². The summed E-state index contributed by atoms with van der Waals surface area (Å²) in [6.45, 7) is 3.02. The van der Waals surface area contributed by atoms with Gasteiger partial charge in [-0.05, 0) is 53.2 Å². The van der Waals surface area contributed by atoms with Crippen LogP contribution in [0.5, 0.6) is 0 Å². The molecule has 1 amide bonds. The van der Waals surface area contributed by atoms with Gasteiger partial charge in [-0.1, -0.05) is 15.9 Å². The number of fused-ring (bicyclic) bond motifs is 1. The second-order valence-electron chi connectivity index (χ2n) is 5.45. The second-order valence-corrected chi connectivity index (χ2v) is 8.92. The second kappa shape index (κ2) is 7.80. The molecule has 2 aromatic heterocycles. The minimum atomic E-state index is -0.213. The molecule has 0 unspecified atom stereocenters. The number of carbonyl (C=O) groups excluding carboxylic acids is 1. The first-order chi connectivity index (χ1) is 12.0. The van der Waals surface area contributed by atoms with Crippen molar-refractivity contribution in [1.29, 1.82) is 0 Å². The van der Waals surface area contributed by atoms with Crippen molar-refractivity contribution in [3.63, 3.8) is 0 Å². The van der Waals surface area contributed by atoms with Crippen molar-refractivity contribution in [1.82, 2.24) is 14.5 Å². The van der Waals surface area contributed by atoms with E-state index in [9.17, 15) is 9.59 Å². The Morgan fingerprint density at radius 1 is 1.28 bits per heavy atom. The first-order valence-corrected chi connectivity index (χ1v) is 10.0. The molecule has 2 heterocycles. The molecule has 130 valence electrons. The van der Waals surface area contributed by atoms with Crippen LogP contribution in [-0.4, -0.2) is 26.9 Å². The minimum absolute atomic E-state index is 0.0192. The summed E-state index contributed by atoms with van der Waals surface area (Å²) >= 11 is 8.39. The normalized spacial score (nSPS) is 11.0. The monoisotopic (exact) mass is 483 g/mol. The van der Waals surface area contributed by atoms with Gasteiger partial charge in [0.05, 0.1) is 27.6 Å². The van der Waals surface area contributed by atoms with E-state index >= 15 is 0 Å². The fourth-order valence-corrected chi connectivity index (χ4v) is 4.35. The van der Waals surface area contributed by atoms with Gasteiger partial charge >= 0.3 is 0 Å². The summed E-state index contributed by atoms with van der Waals surface area (Å²) in [5.74, 6) is -0.106. The summed E-state index contributed by atoms with van der Waals surface area (Å²) in [5.41, 5.74) is 0.405. The Balaban J connectivity index is 1.82. The van der Waals surface area contributed by atoms with Crippen molar-refractivity contribution < 1.29 is 4.79 Å². The van der Waals surface area contributed by atoms with Crippen LogP contribution in [0.3, 0.4) is 0 Å². The molecule has 0 atom stereocenters. The average molecular weight is 485 g/mol. The molecule has 8 heteroatoms. The van der Waals surface area contributed by atoms with E-state index in [2.05, 4.69) is 36.8 Å². The van der Waals surface area contributed by atoms with Crippen LogP contribution in [0.1, 0.15) is 11.8 Å². The van der Waals surface area contributed by atoms with Gasteiger partial charge in [0.25, 0.3) is 5.56 Å². The third-order valence-corrected chi connectivity index (χ3v) is 5.90. The molecule has 3 rings (SSSR count). The van der Waals surface area contributed by atoms with E-state index in [0.29, 0.717) is 24.0 Å². The summed E-state index contributed by atoms with van der Waals surface area (Å²) in [7, 11) is 0. The van der Waals surface area contributed by atoms with Crippen LogP contribution in [-0.2, 0) is 17.9 Å². The van der Waals surface area contributed by atoms with E-state index in [0.717, 1.165) is 13.1 Å². The number of benzene rings is 1. The highest BCUT2D eigenvalue weighted by Gasteiger charge is 2.15. The summed E-state index contributed by atoms with van der Waals surface area (Å²) in [5, 5.41) is 0.495. The number of likely N-dealkylation sites (N-methyl/N-ethyl adjacent to an activating group) is 1. The van der Waals surface area contributed by atoms with Gasteiger partial charge in [0, 0.05) is 15.9 Å². The number of hydrogen-bond donors (Lipinski definition) is 0. The SMILES string of the molecule is CCN(Cc1ccc(Br)s1)C(=O)Cn1cnc2ccc(Br)cc2c1=O. The average Bonchev–Trinajstić information content (AvgIpc) is 3.00. The largest absolute Gasteiger partial charge is 0.336 e. The predicted octanol–water partition coefficient (Wildman–Crippen LogP) is 4.03. The third kappa shape index (κ3) is 4.19. The molecular formula is C17H15Br2N3O2S. The molecule has 0 radical (unpaired) electrons. The van der Waals surface area contributed by atoms with Crippen LogP contribution >= 0.6 is 43.2 Å². The molecule has 5 nitrogen and oxygen atoms in total. The fourth-order valence-electron chi connectivity index (χ4n) is 2.49. The van der Waals surface area contributed by atoms with E-state index in [-0.39, 0.29) is 18.0 Å². The molecule has 0 aliphatic heterocycles. The van der Waals surface area contributed by atoms with Crippen LogP contribution in [0.25, 0.3) is 10.9 Å². The lowest BCUT2D eigenvalue weighted by Crippen LogP contribution is -2.36. The van der Waals surface area contributed by atoms with E-state index < -0.39 is 0 Å². The number of thiophene rings is 1. The number of hydrogen-bond acceptors (Lipinski definition) is 4. The van der Waals surface area contributed by atoms with Gasteiger partial charge in [0.15, 0.2) is 0 Å². The lowest BCUT2D eigenvalue weighted by atomic mass is 10.2. The molecular weight excluding hydrogens is 470 g/mol. The lowest BCUT2D eigenvalue weighted by molar-refractivity contribution is -0.132. The number of halogens is 2. The van der Waals surface area contributed by atoms with E-state index in [1.165, 1.54) is 10.9 Å². The lowest BCUT2D eigenvalue weighted by Gasteiger charge is -2.20. The fraction of sp³-hybridized carbons (Fsp3) is 0.235. The van der Waals surface area contributed by atoms with Crippen LogP contribution < -0.4 is 5.56 Å². The molecule has 0 aliphatic carbocycles.